The van der Waals surface area contributed by atoms with Crippen LogP contribution in [-0.4, -0.2) is 24.0 Å². The largest absolute Gasteiger partial charge is 0.546 e. The Morgan fingerprint density at radius 1 is 1.14 bits per heavy atom. The van der Waals surface area contributed by atoms with Gasteiger partial charge in [0, 0.05) is 6.08 Å². The van der Waals surface area contributed by atoms with Crippen LogP contribution in [0.3, 0.4) is 0 Å². The number of hydrogen-bond acceptors (Lipinski definition) is 6. The van der Waals surface area contributed by atoms with Crippen LogP contribution in [0.4, 0.5) is 0 Å². The summed E-state index contributed by atoms with van der Waals surface area (Å²) in [7, 11) is 0. The van der Waals surface area contributed by atoms with Gasteiger partial charge >= 0.3 is 5.97 Å². The number of carbonyl (C=O) groups excluding carboxylic acids is 3. The third kappa shape index (κ3) is 5.69. The molecule has 0 amide bonds. The molecule has 0 aromatic carbocycles. The molecule has 0 saturated heterocycles. The van der Waals surface area contributed by atoms with Crippen LogP contribution in [0, 0.1) is 0 Å². The molecule has 8 heteroatoms. The van der Waals surface area contributed by atoms with E-state index in [4.69, 9.17) is 0 Å². The van der Waals surface area contributed by atoms with Gasteiger partial charge in [0.15, 0.2) is 6.10 Å². The zero-order chi connectivity index (χ0) is 9.72. The molecule has 0 aromatic rings. The van der Waals surface area contributed by atoms with Crippen molar-refractivity contribution in [3.63, 3.8) is 0 Å². The number of carboxylic acid groups (broad SMARTS) is 2. The first-order chi connectivity index (χ1) is 5.49. The lowest BCUT2D eigenvalue weighted by Crippen LogP contribution is -2.50. The molecule has 0 fully saturated rings. The van der Waals surface area contributed by atoms with Gasteiger partial charge in [-0.1, -0.05) is 6.58 Å². The van der Waals surface area contributed by atoms with Crippen molar-refractivity contribution in [3.05, 3.63) is 12.7 Å². The summed E-state index contributed by atoms with van der Waals surface area (Å²) >= 11 is 0. The van der Waals surface area contributed by atoms with Crippen molar-refractivity contribution >= 4 is 17.9 Å². The maximum atomic E-state index is 10.3. The van der Waals surface area contributed by atoms with Crippen LogP contribution in [0.25, 0.3) is 0 Å². The lowest BCUT2D eigenvalue weighted by atomic mass is 10.4. The van der Waals surface area contributed by atoms with Crippen molar-refractivity contribution < 1.29 is 29.3 Å². The topological polar surface area (TPSA) is 180 Å². The first-order valence-electron chi connectivity index (χ1n) is 2.73. The van der Waals surface area contributed by atoms with E-state index in [9.17, 15) is 24.6 Å². The zero-order valence-corrected chi connectivity index (χ0v) is 7.81. The maximum absolute atomic E-state index is 10.3. The highest BCUT2D eigenvalue weighted by molar-refractivity contribution is 5.97. The minimum atomic E-state index is -2.39. The highest BCUT2D eigenvalue weighted by Crippen LogP contribution is 1.90. The number of rotatable bonds is 4. The number of carboxylic acids is 2. The molecule has 0 bridgehead atoms. The monoisotopic (exact) mass is 208 g/mol. The van der Waals surface area contributed by atoms with Crippen molar-refractivity contribution in [3.8, 4) is 0 Å². The van der Waals surface area contributed by atoms with E-state index in [1.807, 2.05) is 0 Å². The van der Waals surface area contributed by atoms with Gasteiger partial charge in [-0.15, -0.1) is 0 Å². The number of hydrogen-bond donors (Lipinski definition) is 2. The van der Waals surface area contributed by atoms with E-state index in [1.165, 1.54) is 0 Å². The van der Waals surface area contributed by atoms with Crippen LogP contribution < -0.4 is 22.5 Å². The molecule has 0 rings (SSSR count). The van der Waals surface area contributed by atoms with Crippen molar-refractivity contribution in [1.29, 1.82) is 0 Å². The lowest BCUT2D eigenvalue weighted by Gasteiger charge is -2.17. The van der Waals surface area contributed by atoms with Gasteiger partial charge in [-0.3, -0.25) is 0 Å². The Balaban J connectivity index is -0.000000605. The second-order valence-corrected chi connectivity index (χ2v) is 1.66. The maximum Gasteiger partial charge on any atom is 0.331 e. The fourth-order valence-electron chi connectivity index (χ4n) is 0.357. The Morgan fingerprint density at radius 2 is 1.50 bits per heavy atom. The van der Waals surface area contributed by atoms with E-state index in [0.717, 1.165) is 0 Å². The molecule has 0 aromatic heterocycles. The second-order valence-electron chi connectivity index (χ2n) is 1.66. The number of carbonyl (C=O) groups is 3. The van der Waals surface area contributed by atoms with Gasteiger partial charge in [0.25, 0.3) is 0 Å². The molecule has 8 nitrogen and oxygen atoms in total. The molecular formula is C6H12N2O6. The molecule has 82 valence electrons. The smallest absolute Gasteiger partial charge is 0.331 e. The molecule has 0 spiro atoms. The zero-order valence-electron chi connectivity index (χ0n) is 7.81. The Hall–Kier alpha value is -1.93. The summed E-state index contributed by atoms with van der Waals surface area (Å²) in [5.41, 5.74) is 0. The van der Waals surface area contributed by atoms with Crippen molar-refractivity contribution in [2.75, 3.05) is 0 Å². The Kier molecular flexibility index (Phi) is 9.90. The summed E-state index contributed by atoms with van der Waals surface area (Å²) in [5.74, 6) is -5.27. The molecule has 0 radical (unpaired) electrons. The van der Waals surface area contributed by atoms with Crippen LogP contribution in [-0.2, 0) is 19.1 Å². The van der Waals surface area contributed by atoms with Crippen LogP contribution in [0.5, 0.6) is 0 Å². The van der Waals surface area contributed by atoms with Crippen LogP contribution in [0.1, 0.15) is 0 Å². The molecule has 0 aliphatic rings. The van der Waals surface area contributed by atoms with Crippen molar-refractivity contribution in [1.82, 2.24) is 12.3 Å². The molecule has 0 atom stereocenters. The minimum absolute atomic E-state index is 0. The number of aliphatic carboxylic acids is 2. The molecule has 0 aliphatic heterocycles. The lowest BCUT2D eigenvalue weighted by molar-refractivity contribution is -0.336. The number of quaternary nitrogens is 2. The summed E-state index contributed by atoms with van der Waals surface area (Å²) in [6, 6.07) is 0. The summed E-state index contributed by atoms with van der Waals surface area (Å²) in [6.45, 7) is 2.93. The van der Waals surface area contributed by atoms with Crippen LogP contribution in [0.2, 0.25) is 0 Å². The van der Waals surface area contributed by atoms with E-state index < -0.39 is 24.0 Å². The Labute approximate surface area is 79.3 Å². The molecule has 0 heterocycles. The van der Waals surface area contributed by atoms with Gasteiger partial charge in [-0.25, -0.2) is 4.79 Å². The predicted molar refractivity (Wildman–Crippen MR) is 42.1 cm³/mol. The van der Waals surface area contributed by atoms with Crippen molar-refractivity contribution in [2.24, 2.45) is 0 Å². The van der Waals surface area contributed by atoms with Gasteiger partial charge in [0.05, 0.1) is 11.9 Å². The fourth-order valence-corrected chi connectivity index (χ4v) is 0.357. The number of ether oxygens (including phenoxy) is 1. The van der Waals surface area contributed by atoms with Gasteiger partial charge in [-0.05, 0) is 0 Å². The van der Waals surface area contributed by atoms with E-state index >= 15 is 0 Å². The average Bonchev–Trinajstić information content (AvgIpc) is 1.98. The first-order valence-corrected chi connectivity index (χ1v) is 2.73. The normalized spacial score (nSPS) is 7.79. The summed E-state index contributed by atoms with van der Waals surface area (Å²) in [4.78, 5) is 30.2. The third-order valence-electron chi connectivity index (χ3n) is 0.829. The predicted octanol–water partition coefficient (Wildman–Crippen LogP) is -2.66. The average molecular weight is 208 g/mol. The molecule has 8 N–H and O–H groups in total. The van der Waals surface area contributed by atoms with Gasteiger partial charge in [0.2, 0.25) is 0 Å². The Morgan fingerprint density at radius 3 is 1.71 bits per heavy atom. The van der Waals surface area contributed by atoms with Gasteiger partial charge in [0.1, 0.15) is 0 Å². The quantitative estimate of drug-likeness (QED) is 0.288. The fraction of sp³-hybridized carbons (Fsp3) is 0.167. The summed E-state index contributed by atoms with van der Waals surface area (Å²) in [5, 5.41) is 19.9. The number of esters is 1. The molecule has 0 unspecified atom stereocenters. The standard InChI is InChI=1S/C6H6O6.2H3N/c1-2-3(7)12-4(5(8)9)6(10)11;;/h2,4H,1H2,(H,8,9)(H,10,11);2*1H3. The molecule has 14 heavy (non-hydrogen) atoms. The SMILES string of the molecule is C=CC(=O)OC(C(=O)[O-])C(=O)[O-].[NH4+].[NH4+]. The van der Waals surface area contributed by atoms with Gasteiger partial charge < -0.3 is 36.8 Å². The molecule has 0 saturated carbocycles. The van der Waals surface area contributed by atoms with Crippen LogP contribution >= 0.6 is 0 Å². The first kappa shape index (κ1) is 18.0. The summed E-state index contributed by atoms with van der Waals surface area (Å²) in [6.07, 6.45) is -1.77. The highest BCUT2D eigenvalue weighted by atomic mass is 16.6. The van der Waals surface area contributed by atoms with Crippen molar-refractivity contribution in [2.45, 2.75) is 6.10 Å². The van der Waals surface area contributed by atoms with Gasteiger partial charge in [-0.2, -0.15) is 0 Å². The Bertz CT molecular complexity index is 224. The highest BCUT2D eigenvalue weighted by Gasteiger charge is 2.14. The van der Waals surface area contributed by atoms with E-state index in [2.05, 4.69) is 11.3 Å². The second kappa shape index (κ2) is 7.71. The van der Waals surface area contributed by atoms with E-state index in [-0.39, 0.29) is 12.3 Å². The minimum Gasteiger partial charge on any atom is -0.546 e. The third-order valence-corrected chi connectivity index (χ3v) is 0.829. The van der Waals surface area contributed by atoms with E-state index in [0.29, 0.717) is 6.08 Å². The molecule has 0 aliphatic carbocycles. The molecular weight excluding hydrogens is 196 g/mol. The van der Waals surface area contributed by atoms with Crippen LogP contribution in [0.15, 0.2) is 12.7 Å². The summed E-state index contributed by atoms with van der Waals surface area (Å²) < 4.78 is 3.84. The van der Waals surface area contributed by atoms with E-state index in [1.54, 1.807) is 0 Å².